The van der Waals surface area contributed by atoms with Gasteiger partial charge in [0.2, 0.25) is 5.91 Å². The van der Waals surface area contributed by atoms with E-state index < -0.39 is 29.8 Å². The first-order valence-electron chi connectivity index (χ1n) is 11.6. The Morgan fingerprint density at radius 3 is 2.58 bits per heavy atom. The second-order valence-corrected chi connectivity index (χ2v) is 8.92. The van der Waals surface area contributed by atoms with Crippen LogP contribution in [0.2, 0.25) is 0 Å². The van der Waals surface area contributed by atoms with Crippen molar-refractivity contribution in [2.45, 2.75) is 26.6 Å². The molecule has 1 aromatic carbocycles. The maximum atomic E-state index is 12.8. The van der Waals surface area contributed by atoms with Crippen molar-refractivity contribution in [2.75, 3.05) is 50.5 Å². The molecule has 0 fully saturated rings. The fraction of sp³-hybridized carbons (Fsp3) is 0.417. The monoisotopic (exact) mass is 554 g/mol. The number of amides is 2. The minimum Gasteiger partial charge on any atom is -0.383 e. The van der Waals surface area contributed by atoms with E-state index in [9.17, 15) is 32.8 Å². The predicted molar refractivity (Wildman–Crippen MR) is 139 cm³/mol. The Morgan fingerprint density at radius 1 is 1.26 bits per heavy atom. The molecule has 206 valence electrons. The van der Waals surface area contributed by atoms with Crippen LogP contribution in [-0.2, 0) is 20.9 Å². The van der Waals surface area contributed by atoms with Gasteiger partial charge in [-0.3, -0.25) is 23.9 Å². The van der Waals surface area contributed by atoms with E-state index in [2.05, 4.69) is 10.6 Å². The number of hydrogen-bond acceptors (Lipinski definition) is 8. The SMILES string of the molecule is CCN(CCOC)CC(=O)Nc1cccc(NC=c2sc(=C(C#N)C(=O)NCC(F)(F)F)n(CC)c2=O)c1. The van der Waals surface area contributed by atoms with Crippen LogP contribution in [0, 0.1) is 11.3 Å². The summed E-state index contributed by atoms with van der Waals surface area (Å²) in [6, 6.07) is 8.36. The van der Waals surface area contributed by atoms with Gasteiger partial charge >= 0.3 is 6.18 Å². The number of nitrogens with one attached hydrogen (secondary N) is 3. The molecule has 3 N–H and O–H groups in total. The summed E-state index contributed by atoms with van der Waals surface area (Å²) in [5, 5.41) is 16.8. The van der Waals surface area contributed by atoms with Crippen molar-refractivity contribution in [2.24, 2.45) is 0 Å². The number of rotatable bonds is 12. The molecule has 1 aromatic heterocycles. The van der Waals surface area contributed by atoms with Crippen LogP contribution in [0.4, 0.5) is 24.5 Å². The summed E-state index contributed by atoms with van der Waals surface area (Å²) in [4.78, 5) is 39.4. The Morgan fingerprint density at radius 2 is 1.97 bits per heavy atom. The van der Waals surface area contributed by atoms with Crippen LogP contribution in [0.25, 0.3) is 11.8 Å². The number of methoxy groups -OCH3 is 1. The Hall–Kier alpha value is -3.67. The van der Waals surface area contributed by atoms with Gasteiger partial charge in [-0.15, -0.1) is 11.3 Å². The zero-order valence-electron chi connectivity index (χ0n) is 21.1. The van der Waals surface area contributed by atoms with Crippen molar-refractivity contribution in [3.05, 3.63) is 43.8 Å². The largest absolute Gasteiger partial charge is 0.405 e. The number of benzene rings is 1. The molecule has 38 heavy (non-hydrogen) atoms. The molecule has 14 heteroatoms. The van der Waals surface area contributed by atoms with Gasteiger partial charge in [-0.2, -0.15) is 18.4 Å². The Kier molecular flexibility index (Phi) is 11.5. The highest BCUT2D eigenvalue weighted by molar-refractivity contribution is 7.07. The summed E-state index contributed by atoms with van der Waals surface area (Å²) < 4.78 is 43.7. The van der Waals surface area contributed by atoms with Gasteiger partial charge in [0.25, 0.3) is 11.5 Å². The number of likely N-dealkylation sites (N-methyl/N-ethyl adjacent to an activating group) is 1. The minimum absolute atomic E-state index is 0.0531. The normalized spacial score (nSPS) is 12.7. The third-order valence-electron chi connectivity index (χ3n) is 5.17. The molecule has 0 atom stereocenters. The lowest BCUT2D eigenvalue weighted by molar-refractivity contribution is -0.135. The number of halogens is 3. The molecule has 0 aliphatic rings. The molecule has 1 heterocycles. The first kappa shape index (κ1) is 30.6. The maximum Gasteiger partial charge on any atom is 0.405 e. The number of nitriles is 1. The lowest BCUT2D eigenvalue weighted by atomic mass is 10.2. The molecule has 0 radical (unpaired) electrons. The summed E-state index contributed by atoms with van der Waals surface area (Å²) in [6.07, 6.45) is -3.28. The van der Waals surface area contributed by atoms with E-state index in [4.69, 9.17) is 4.74 Å². The van der Waals surface area contributed by atoms with E-state index in [0.29, 0.717) is 31.1 Å². The number of nitrogens with zero attached hydrogens (tertiary/aromatic N) is 3. The molecular formula is C24H29F3N6O4S. The highest BCUT2D eigenvalue weighted by atomic mass is 32.1. The van der Waals surface area contributed by atoms with Crippen LogP contribution in [0.15, 0.2) is 29.1 Å². The van der Waals surface area contributed by atoms with Crippen molar-refractivity contribution in [1.82, 2.24) is 14.8 Å². The lowest BCUT2D eigenvalue weighted by Gasteiger charge is -2.19. The minimum atomic E-state index is -4.65. The zero-order chi connectivity index (χ0) is 28.3. The van der Waals surface area contributed by atoms with E-state index in [1.165, 1.54) is 6.20 Å². The smallest absolute Gasteiger partial charge is 0.383 e. The quantitative estimate of drug-likeness (QED) is 0.358. The molecule has 2 amide bonds. The van der Waals surface area contributed by atoms with E-state index in [-0.39, 0.29) is 28.2 Å². The number of alkyl halides is 3. The molecule has 2 rings (SSSR count). The molecule has 10 nitrogen and oxygen atoms in total. The number of carbonyl (C=O) groups is 2. The third-order valence-corrected chi connectivity index (χ3v) is 6.30. The van der Waals surface area contributed by atoms with Gasteiger partial charge in [0.15, 0.2) is 5.57 Å². The van der Waals surface area contributed by atoms with Gasteiger partial charge in [0, 0.05) is 37.8 Å². The van der Waals surface area contributed by atoms with Crippen LogP contribution in [-0.4, -0.2) is 67.4 Å². The second-order valence-electron chi connectivity index (χ2n) is 7.88. The van der Waals surface area contributed by atoms with Gasteiger partial charge < -0.3 is 20.7 Å². The Balaban J connectivity index is 2.27. The molecule has 0 unspecified atom stereocenters. The molecular weight excluding hydrogens is 525 g/mol. The van der Waals surface area contributed by atoms with Gasteiger partial charge in [0.05, 0.1) is 13.2 Å². The summed E-state index contributed by atoms with van der Waals surface area (Å²) in [5.41, 5.74) is -0.0412. The molecule has 0 aliphatic heterocycles. The van der Waals surface area contributed by atoms with Crippen LogP contribution in [0.5, 0.6) is 0 Å². The fourth-order valence-corrected chi connectivity index (χ4v) is 4.35. The van der Waals surface area contributed by atoms with Crippen molar-refractivity contribution >= 4 is 46.3 Å². The Labute approximate surface area is 221 Å². The van der Waals surface area contributed by atoms with Gasteiger partial charge in [-0.05, 0) is 31.7 Å². The van der Waals surface area contributed by atoms with Crippen molar-refractivity contribution in [3.8, 4) is 6.07 Å². The Bertz CT molecular complexity index is 1350. The zero-order valence-corrected chi connectivity index (χ0v) is 22.0. The first-order valence-corrected chi connectivity index (χ1v) is 12.4. The maximum absolute atomic E-state index is 12.8. The standard InChI is InChI=1S/C24H29F3N6O4S/c1-4-32(9-10-37-3)14-20(34)31-17-8-6-7-16(11-17)29-13-19-22(36)33(5-2)23(38-19)18(12-28)21(35)30-15-24(25,26)27/h6-8,11,13,29H,4-5,9-10,14-15H2,1-3H3,(H,30,35)(H,31,34). The van der Waals surface area contributed by atoms with Gasteiger partial charge in [0.1, 0.15) is 21.8 Å². The number of anilines is 2. The number of aromatic nitrogens is 1. The van der Waals surface area contributed by atoms with E-state index >= 15 is 0 Å². The van der Waals surface area contributed by atoms with E-state index in [0.717, 1.165) is 15.9 Å². The highest BCUT2D eigenvalue weighted by Crippen LogP contribution is 2.15. The first-order chi connectivity index (χ1) is 18.0. The molecule has 0 spiro atoms. The molecule has 0 aliphatic carbocycles. The highest BCUT2D eigenvalue weighted by Gasteiger charge is 2.28. The van der Waals surface area contributed by atoms with Crippen molar-refractivity contribution in [1.29, 1.82) is 5.26 Å². The second kappa shape index (κ2) is 14.3. The molecule has 0 saturated heterocycles. The van der Waals surface area contributed by atoms with Gasteiger partial charge in [-0.25, -0.2) is 0 Å². The van der Waals surface area contributed by atoms with E-state index in [1.54, 1.807) is 49.7 Å². The number of ether oxygens (including phenoxy) is 1. The number of carbonyl (C=O) groups excluding carboxylic acids is 2. The van der Waals surface area contributed by atoms with Crippen LogP contribution in [0.1, 0.15) is 13.8 Å². The molecule has 0 bridgehead atoms. The summed E-state index contributed by atoms with van der Waals surface area (Å²) in [6.45, 7) is 4.03. The molecule has 0 saturated carbocycles. The van der Waals surface area contributed by atoms with Crippen LogP contribution in [0.3, 0.4) is 0 Å². The van der Waals surface area contributed by atoms with E-state index in [1.807, 2.05) is 11.8 Å². The summed E-state index contributed by atoms with van der Waals surface area (Å²) in [5.74, 6) is -1.43. The molecule has 2 aromatic rings. The summed E-state index contributed by atoms with van der Waals surface area (Å²) >= 11 is 0.800. The van der Waals surface area contributed by atoms with Gasteiger partial charge in [-0.1, -0.05) is 13.0 Å². The predicted octanol–water partition coefficient (Wildman–Crippen LogP) is 1.04. The van der Waals surface area contributed by atoms with Crippen molar-refractivity contribution < 1.29 is 27.5 Å². The lowest BCUT2D eigenvalue weighted by Crippen LogP contribution is -2.37. The fourth-order valence-electron chi connectivity index (χ4n) is 3.27. The average molecular weight is 555 g/mol. The number of hydrogen-bond donors (Lipinski definition) is 3. The van der Waals surface area contributed by atoms with Crippen LogP contribution >= 0.6 is 11.3 Å². The topological polar surface area (TPSA) is 128 Å². The number of thiazole rings is 1. The van der Waals surface area contributed by atoms with Crippen LogP contribution < -0.4 is 30.7 Å². The summed E-state index contributed by atoms with van der Waals surface area (Å²) in [7, 11) is 1.59. The third kappa shape index (κ3) is 9.02. The van der Waals surface area contributed by atoms with Crippen molar-refractivity contribution in [3.63, 3.8) is 0 Å². The average Bonchev–Trinajstić information content (AvgIpc) is 3.18.